The molecule has 0 unspecified atom stereocenters. The van der Waals surface area contributed by atoms with Crippen LogP contribution in [0.1, 0.15) is 25.3 Å². The van der Waals surface area contributed by atoms with Gasteiger partial charge in [-0.15, -0.1) is 0 Å². The Morgan fingerprint density at radius 3 is 2.60 bits per heavy atom. The molecule has 0 bridgehead atoms. The molecule has 0 spiro atoms. The first-order valence-corrected chi connectivity index (χ1v) is 18.7. The third kappa shape index (κ3) is 6.96. The largest absolute Gasteiger partial charge is 0.479 e. The van der Waals surface area contributed by atoms with Crippen LogP contribution >= 0.6 is 23.1 Å². The Hall–Kier alpha value is -4.48. The molecule has 14 heteroatoms. The number of allylic oxidation sites excluding steroid dienone is 2. The number of ether oxygens (including phenoxy) is 2. The van der Waals surface area contributed by atoms with Gasteiger partial charge in [-0.25, -0.2) is 9.78 Å². The number of para-hydroxylation sites is 1. The van der Waals surface area contributed by atoms with Gasteiger partial charge in [-0.3, -0.25) is 9.88 Å². The number of anilines is 5. The first kappa shape index (κ1) is 32.5. The molecule has 6 rings (SSSR count). The lowest BCUT2D eigenvalue weighted by molar-refractivity contribution is 0.134. The van der Waals surface area contributed by atoms with E-state index in [1.165, 1.54) is 6.26 Å². The molecular formula is C33H36BrN8O4P. The molecule has 0 saturated carbocycles. The molecule has 47 heavy (non-hydrogen) atoms. The summed E-state index contributed by atoms with van der Waals surface area (Å²) in [5.74, 6) is 2.06. The van der Waals surface area contributed by atoms with Gasteiger partial charge in [0.05, 0.1) is 35.2 Å². The molecule has 0 aliphatic carbocycles. The van der Waals surface area contributed by atoms with Crippen LogP contribution < -0.4 is 25.6 Å². The summed E-state index contributed by atoms with van der Waals surface area (Å²) in [6.45, 7) is 7.04. The number of halogens is 1. The van der Waals surface area contributed by atoms with E-state index in [0.717, 1.165) is 54.6 Å². The molecule has 1 saturated heterocycles. The Bertz CT molecular complexity index is 1920. The van der Waals surface area contributed by atoms with Crippen molar-refractivity contribution in [2.75, 3.05) is 49.1 Å². The van der Waals surface area contributed by atoms with E-state index in [-0.39, 0.29) is 12.1 Å². The Morgan fingerprint density at radius 2 is 1.85 bits per heavy atom. The van der Waals surface area contributed by atoms with Gasteiger partial charge in [0, 0.05) is 42.2 Å². The predicted molar refractivity (Wildman–Crippen MR) is 189 cm³/mol. The number of carbonyl (C=O) groups excluding carboxylic acids is 1. The van der Waals surface area contributed by atoms with Gasteiger partial charge in [0.2, 0.25) is 11.8 Å². The highest BCUT2D eigenvalue weighted by atomic mass is 79.9. The number of pyridine rings is 2. The Morgan fingerprint density at radius 1 is 1.06 bits per heavy atom. The Kier molecular flexibility index (Phi) is 9.47. The number of aryl methyl sites for hydroxylation is 1. The van der Waals surface area contributed by atoms with E-state index < -0.39 is 7.14 Å². The van der Waals surface area contributed by atoms with Crippen LogP contribution in [0.3, 0.4) is 0 Å². The fraction of sp³-hybridized carbons (Fsp3) is 0.303. The molecule has 0 atom stereocenters. The number of fused-ring (bicyclic) bond motifs is 1. The molecule has 12 nitrogen and oxygen atoms in total. The van der Waals surface area contributed by atoms with Crippen LogP contribution in [0.4, 0.5) is 33.8 Å². The summed E-state index contributed by atoms with van der Waals surface area (Å²) in [5.41, 5.74) is 3.05. The third-order valence-corrected chi connectivity index (χ3v) is 10.3. The average Bonchev–Trinajstić information content (AvgIpc) is 3.29. The molecular weight excluding hydrogens is 683 g/mol. The maximum Gasteiger partial charge on any atom is 0.418 e. The molecule has 2 N–H and O–H groups in total. The quantitative estimate of drug-likeness (QED) is 0.174. The summed E-state index contributed by atoms with van der Waals surface area (Å²) in [7, 11) is -1.12. The molecule has 5 heterocycles. The van der Waals surface area contributed by atoms with Crippen LogP contribution in [0.2, 0.25) is 0 Å². The average molecular weight is 720 g/mol. The molecule has 3 aromatic heterocycles. The maximum absolute atomic E-state index is 13.4. The lowest BCUT2D eigenvalue weighted by Gasteiger charge is -2.37. The maximum atomic E-state index is 13.4. The van der Waals surface area contributed by atoms with E-state index in [2.05, 4.69) is 48.4 Å². The van der Waals surface area contributed by atoms with Crippen molar-refractivity contribution < 1.29 is 18.8 Å². The summed E-state index contributed by atoms with van der Waals surface area (Å²) < 4.78 is 25.0. The lowest BCUT2D eigenvalue weighted by Crippen LogP contribution is -2.45. The van der Waals surface area contributed by atoms with Crippen LogP contribution in [0, 0.1) is 0 Å². The van der Waals surface area contributed by atoms with Gasteiger partial charge in [0.1, 0.15) is 24.5 Å². The van der Waals surface area contributed by atoms with Crippen LogP contribution in [0.15, 0.2) is 71.8 Å². The van der Waals surface area contributed by atoms with Crippen LogP contribution in [0.5, 0.6) is 5.88 Å². The van der Waals surface area contributed by atoms with Crippen molar-refractivity contribution in [1.82, 2.24) is 24.8 Å². The first-order chi connectivity index (χ1) is 22.7. The number of rotatable bonds is 9. The monoisotopic (exact) mass is 718 g/mol. The van der Waals surface area contributed by atoms with Gasteiger partial charge in [-0.2, -0.15) is 9.97 Å². The Balaban J connectivity index is 1.24. The molecule has 1 amide bonds. The topological polar surface area (TPSA) is 135 Å². The van der Waals surface area contributed by atoms with E-state index in [1.54, 1.807) is 50.0 Å². The van der Waals surface area contributed by atoms with Crippen LogP contribution in [-0.4, -0.2) is 70.5 Å². The number of nitrogens with zero attached hydrogens (tertiary/aromatic N) is 6. The zero-order chi connectivity index (χ0) is 33.1. The number of hydrogen-bond acceptors (Lipinski definition) is 11. The summed E-state index contributed by atoms with van der Waals surface area (Å²) in [4.78, 5) is 35.0. The summed E-state index contributed by atoms with van der Waals surface area (Å²) >= 11 is 3.56. The van der Waals surface area contributed by atoms with E-state index >= 15 is 0 Å². The Labute approximate surface area is 281 Å². The van der Waals surface area contributed by atoms with Gasteiger partial charge < -0.3 is 29.6 Å². The fourth-order valence-corrected chi connectivity index (χ4v) is 7.66. The van der Waals surface area contributed by atoms with Crippen LogP contribution in [0.25, 0.3) is 10.9 Å². The van der Waals surface area contributed by atoms with Crippen molar-refractivity contribution in [3.8, 4) is 5.88 Å². The molecule has 2 aliphatic heterocycles. The summed E-state index contributed by atoms with van der Waals surface area (Å²) in [5, 5.41) is 8.16. The second kappa shape index (κ2) is 13.7. The second-order valence-electron chi connectivity index (χ2n) is 11.6. The minimum atomic E-state index is -2.71. The van der Waals surface area contributed by atoms with Gasteiger partial charge in [0.25, 0.3) is 0 Å². The smallest absolute Gasteiger partial charge is 0.418 e. The third-order valence-electron chi connectivity index (χ3n) is 8.12. The number of aromatic nitrogens is 4. The highest BCUT2D eigenvalue weighted by Crippen LogP contribution is 2.41. The number of hydrogen-bond donors (Lipinski definition) is 2. The first-order valence-electron chi connectivity index (χ1n) is 15.3. The van der Waals surface area contributed by atoms with E-state index in [9.17, 15) is 9.36 Å². The van der Waals surface area contributed by atoms with Crippen molar-refractivity contribution in [2.45, 2.75) is 32.2 Å². The predicted octanol–water partition coefficient (Wildman–Crippen LogP) is 6.94. The number of piperidine rings is 1. The number of amides is 1. The number of carbonyl (C=O) groups is 1. The number of methoxy groups -OCH3 is 1. The fourth-order valence-electron chi connectivity index (χ4n) is 5.90. The number of benzene rings is 1. The highest BCUT2D eigenvalue weighted by molar-refractivity contribution is 9.10. The van der Waals surface area contributed by atoms with Gasteiger partial charge in [0.15, 0.2) is 0 Å². The standard InChI is InChI=1S/C33H36BrN8O4P/c1-5-21-18-26(31(45-2)40-30(21)41-15-12-22(13-16-41)42-14-8-9-17-46-33(42)43)38-32-36-19-24(34)29(39-32)37-27-20-35-25-11-7-6-10-23(25)28(27)47(3,4)44/h6-11,14,17-20,22H,5,12-13,15-16H2,1-4H3,(H2,36,37,38,39). The van der Waals surface area contributed by atoms with Crippen LogP contribution in [-0.2, 0) is 15.7 Å². The molecule has 244 valence electrons. The minimum Gasteiger partial charge on any atom is -0.479 e. The van der Waals surface area contributed by atoms with E-state index in [0.29, 0.717) is 38.8 Å². The summed E-state index contributed by atoms with van der Waals surface area (Å²) in [6, 6.07) is 9.73. The molecule has 1 aromatic carbocycles. The molecule has 1 fully saturated rings. The summed E-state index contributed by atoms with van der Waals surface area (Å²) in [6.07, 6.45) is 12.0. The SMILES string of the molecule is CCc1cc(Nc2ncc(Br)c(Nc3cnc4ccccc4c3P(C)(C)=O)n2)c(OC)nc1N1CCC(N2C=CC=COC2=O)CC1. The van der Waals surface area contributed by atoms with E-state index in [4.69, 9.17) is 19.4 Å². The zero-order valence-electron chi connectivity index (χ0n) is 26.6. The van der Waals surface area contributed by atoms with E-state index in [1.807, 2.05) is 36.4 Å². The number of nitrogens with one attached hydrogen (secondary N) is 2. The number of cyclic esters (lactones) is 1. The normalized spacial score (nSPS) is 15.5. The van der Waals surface area contributed by atoms with Gasteiger partial charge in [-0.1, -0.05) is 25.1 Å². The van der Waals surface area contributed by atoms with Gasteiger partial charge >= 0.3 is 6.09 Å². The molecule has 0 radical (unpaired) electrons. The van der Waals surface area contributed by atoms with Crippen molar-refractivity contribution in [1.29, 1.82) is 0 Å². The van der Waals surface area contributed by atoms with Gasteiger partial charge in [-0.05, 0) is 78.4 Å². The zero-order valence-corrected chi connectivity index (χ0v) is 29.1. The van der Waals surface area contributed by atoms with Crippen molar-refractivity contribution >= 4 is 74.3 Å². The highest BCUT2D eigenvalue weighted by Gasteiger charge is 2.30. The van der Waals surface area contributed by atoms with Crippen molar-refractivity contribution in [2.24, 2.45) is 0 Å². The lowest BCUT2D eigenvalue weighted by atomic mass is 10.0. The minimum absolute atomic E-state index is 0.0447. The molecule has 4 aromatic rings. The molecule has 2 aliphatic rings. The van der Waals surface area contributed by atoms with Crippen molar-refractivity contribution in [3.63, 3.8) is 0 Å². The second-order valence-corrected chi connectivity index (χ2v) is 15.6. The van der Waals surface area contributed by atoms with Crippen molar-refractivity contribution in [3.05, 3.63) is 77.4 Å².